The average Bonchev–Trinajstić information content (AvgIpc) is 2.70. The molecule has 18 heavy (non-hydrogen) atoms. The number of likely N-dealkylation sites (N-methyl/N-ethyl adjacent to an activating group) is 1. The molecule has 1 heterocycles. The molecule has 2 rings (SSSR count). The third kappa shape index (κ3) is 3.14. The van der Waals surface area contributed by atoms with E-state index in [4.69, 9.17) is 0 Å². The lowest BCUT2D eigenvalue weighted by molar-refractivity contribution is -0.135. The molecule has 1 N–H and O–H groups in total. The number of amides is 1. The second kappa shape index (κ2) is 6.37. The Morgan fingerprint density at radius 3 is 2.44 bits per heavy atom. The van der Waals surface area contributed by atoms with Crippen molar-refractivity contribution < 1.29 is 4.79 Å². The summed E-state index contributed by atoms with van der Waals surface area (Å²) in [5, 5.41) is 3.19. The largest absolute Gasteiger partial charge is 0.338 e. The van der Waals surface area contributed by atoms with E-state index in [1.807, 2.05) is 7.05 Å². The number of likely N-dealkylation sites (tertiary alicyclic amines) is 1. The van der Waals surface area contributed by atoms with Crippen molar-refractivity contribution in [1.82, 2.24) is 10.2 Å². The first kappa shape index (κ1) is 13.6. The van der Waals surface area contributed by atoms with E-state index in [0.29, 0.717) is 17.9 Å². The van der Waals surface area contributed by atoms with Gasteiger partial charge in [0.05, 0.1) is 6.04 Å². The van der Waals surface area contributed by atoms with Gasteiger partial charge in [-0.05, 0) is 51.5 Å². The first-order valence-corrected chi connectivity index (χ1v) is 7.35. The molecule has 0 aromatic heterocycles. The van der Waals surface area contributed by atoms with E-state index in [1.165, 1.54) is 0 Å². The molecule has 0 bridgehead atoms. The molecular weight excluding hydrogens is 224 g/mol. The number of hydrogen-bond acceptors (Lipinski definition) is 2. The molecule has 0 spiro atoms. The van der Waals surface area contributed by atoms with Gasteiger partial charge in [0.1, 0.15) is 0 Å². The van der Waals surface area contributed by atoms with Gasteiger partial charge in [0.25, 0.3) is 0 Å². The zero-order chi connectivity index (χ0) is 13.0. The van der Waals surface area contributed by atoms with Gasteiger partial charge in [0.2, 0.25) is 5.91 Å². The van der Waals surface area contributed by atoms with Crippen LogP contribution in [0, 0.1) is 5.92 Å². The summed E-state index contributed by atoms with van der Waals surface area (Å²) in [7, 11) is 1.91. The fourth-order valence-corrected chi connectivity index (χ4v) is 3.16. The molecule has 1 fully saturated rings. The molecule has 2 unspecified atom stereocenters. The minimum atomic E-state index is 0.0335. The Labute approximate surface area is 111 Å². The second-order valence-electron chi connectivity index (χ2n) is 5.79. The van der Waals surface area contributed by atoms with Crippen LogP contribution in [0.3, 0.4) is 0 Å². The van der Waals surface area contributed by atoms with Gasteiger partial charge in [-0.3, -0.25) is 4.79 Å². The highest BCUT2D eigenvalue weighted by molar-refractivity contribution is 5.82. The van der Waals surface area contributed by atoms with Crippen molar-refractivity contribution >= 4 is 5.91 Å². The monoisotopic (exact) mass is 250 g/mol. The van der Waals surface area contributed by atoms with Crippen molar-refractivity contribution in [1.29, 1.82) is 0 Å². The van der Waals surface area contributed by atoms with Gasteiger partial charge in [-0.1, -0.05) is 19.1 Å². The van der Waals surface area contributed by atoms with Crippen molar-refractivity contribution in [2.75, 3.05) is 13.6 Å². The number of allylic oxidation sites excluding steroid dienone is 2. The molecule has 102 valence electrons. The van der Waals surface area contributed by atoms with Crippen molar-refractivity contribution in [2.24, 2.45) is 5.92 Å². The molecule has 2 atom stereocenters. The van der Waals surface area contributed by atoms with Crippen LogP contribution in [0.5, 0.6) is 0 Å². The van der Waals surface area contributed by atoms with Crippen LogP contribution in [0.1, 0.15) is 45.4 Å². The summed E-state index contributed by atoms with van der Waals surface area (Å²) in [6, 6.07) is 0.482. The maximum atomic E-state index is 12.6. The molecule has 0 aromatic carbocycles. The predicted molar refractivity (Wildman–Crippen MR) is 74.4 cm³/mol. The van der Waals surface area contributed by atoms with Crippen LogP contribution in [0.2, 0.25) is 0 Å². The predicted octanol–water partition coefficient (Wildman–Crippen LogP) is 2.33. The lowest BCUT2D eigenvalue weighted by Crippen LogP contribution is -2.49. The zero-order valence-electron chi connectivity index (χ0n) is 11.7. The molecule has 1 aliphatic carbocycles. The molecule has 0 saturated carbocycles. The van der Waals surface area contributed by atoms with Crippen LogP contribution in [0.15, 0.2) is 12.2 Å². The fraction of sp³-hybridized carbons (Fsp3) is 0.800. The summed E-state index contributed by atoms with van der Waals surface area (Å²) in [6.45, 7) is 3.22. The van der Waals surface area contributed by atoms with Gasteiger partial charge in [-0.2, -0.15) is 0 Å². The molecule has 0 radical (unpaired) electrons. The maximum absolute atomic E-state index is 12.6. The molecule has 3 nitrogen and oxygen atoms in total. The number of rotatable bonds is 2. The molecule has 0 aromatic rings. The Morgan fingerprint density at radius 1 is 1.17 bits per heavy atom. The standard InChI is InChI=1S/C15H26N2O/c1-12-9-10-14(16-2)15(18)17(11-12)13-7-5-3-4-6-8-13/h3-4,12-14,16H,5-11H2,1-2H3. The van der Waals surface area contributed by atoms with Crippen LogP contribution in [-0.4, -0.2) is 36.5 Å². The lowest BCUT2D eigenvalue weighted by Gasteiger charge is -2.33. The van der Waals surface area contributed by atoms with Crippen molar-refractivity contribution in [3.05, 3.63) is 12.2 Å². The summed E-state index contributed by atoms with van der Waals surface area (Å²) in [6.07, 6.45) is 11.2. The van der Waals surface area contributed by atoms with Crippen LogP contribution >= 0.6 is 0 Å². The van der Waals surface area contributed by atoms with Crippen molar-refractivity contribution in [3.63, 3.8) is 0 Å². The third-order valence-corrected chi connectivity index (χ3v) is 4.33. The van der Waals surface area contributed by atoms with Crippen LogP contribution < -0.4 is 5.32 Å². The minimum Gasteiger partial charge on any atom is -0.338 e. The van der Waals surface area contributed by atoms with Gasteiger partial charge in [-0.15, -0.1) is 0 Å². The number of carbonyl (C=O) groups is 1. The highest BCUT2D eigenvalue weighted by Crippen LogP contribution is 2.24. The Kier molecular flexibility index (Phi) is 4.81. The van der Waals surface area contributed by atoms with E-state index in [0.717, 1.165) is 45.1 Å². The summed E-state index contributed by atoms with van der Waals surface area (Å²) < 4.78 is 0. The Bertz CT molecular complexity index is 304. The zero-order valence-corrected chi connectivity index (χ0v) is 11.7. The Morgan fingerprint density at radius 2 is 1.83 bits per heavy atom. The van der Waals surface area contributed by atoms with E-state index < -0.39 is 0 Å². The average molecular weight is 250 g/mol. The minimum absolute atomic E-state index is 0.0335. The summed E-state index contributed by atoms with van der Waals surface area (Å²) in [5.41, 5.74) is 0. The van der Waals surface area contributed by atoms with Gasteiger partial charge in [-0.25, -0.2) is 0 Å². The van der Waals surface area contributed by atoms with E-state index in [9.17, 15) is 4.79 Å². The van der Waals surface area contributed by atoms with E-state index >= 15 is 0 Å². The lowest BCUT2D eigenvalue weighted by atomic mass is 10.0. The first-order chi connectivity index (χ1) is 8.72. The van der Waals surface area contributed by atoms with Gasteiger partial charge in [0, 0.05) is 12.6 Å². The summed E-state index contributed by atoms with van der Waals surface area (Å²) in [4.78, 5) is 14.7. The highest BCUT2D eigenvalue weighted by atomic mass is 16.2. The molecule has 2 aliphatic rings. The number of hydrogen-bond donors (Lipinski definition) is 1. The molecule has 1 saturated heterocycles. The van der Waals surface area contributed by atoms with E-state index in [1.54, 1.807) is 0 Å². The smallest absolute Gasteiger partial charge is 0.239 e. The molecular formula is C15H26N2O. The fourth-order valence-electron chi connectivity index (χ4n) is 3.16. The molecule has 1 amide bonds. The topological polar surface area (TPSA) is 32.3 Å². The van der Waals surface area contributed by atoms with E-state index in [2.05, 4.69) is 29.3 Å². The van der Waals surface area contributed by atoms with Crippen LogP contribution in [0.25, 0.3) is 0 Å². The summed E-state index contributed by atoms with van der Waals surface area (Å²) >= 11 is 0. The molecule has 3 heteroatoms. The van der Waals surface area contributed by atoms with Crippen molar-refractivity contribution in [2.45, 2.75) is 57.5 Å². The number of nitrogens with zero attached hydrogens (tertiary/aromatic N) is 1. The third-order valence-electron chi connectivity index (χ3n) is 4.33. The quantitative estimate of drug-likeness (QED) is 0.763. The Balaban J connectivity index is 2.09. The SMILES string of the molecule is CNC1CCC(C)CN(C2CCC=CCC2)C1=O. The van der Waals surface area contributed by atoms with Gasteiger partial charge in [0.15, 0.2) is 0 Å². The second-order valence-corrected chi connectivity index (χ2v) is 5.79. The Hall–Kier alpha value is -0.830. The number of carbonyl (C=O) groups excluding carboxylic acids is 1. The van der Waals surface area contributed by atoms with Gasteiger partial charge >= 0.3 is 0 Å². The highest BCUT2D eigenvalue weighted by Gasteiger charge is 2.32. The molecule has 1 aliphatic heterocycles. The summed E-state index contributed by atoms with van der Waals surface area (Å²) in [5.74, 6) is 0.956. The van der Waals surface area contributed by atoms with E-state index in [-0.39, 0.29) is 6.04 Å². The van der Waals surface area contributed by atoms with Crippen LogP contribution in [-0.2, 0) is 4.79 Å². The normalized spacial score (nSPS) is 31.2. The maximum Gasteiger partial charge on any atom is 0.239 e. The van der Waals surface area contributed by atoms with Crippen LogP contribution in [0.4, 0.5) is 0 Å². The van der Waals surface area contributed by atoms with Crippen molar-refractivity contribution in [3.8, 4) is 0 Å². The first-order valence-electron chi connectivity index (χ1n) is 7.35. The van der Waals surface area contributed by atoms with Gasteiger partial charge < -0.3 is 10.2 Å². The number of nitrogens with one attached hydrogen (secondary N) is 1.